The first kappa shape index (κ1) is 12.1. The van der Waals surface area contributed by atoms with Crippen LogP contribution in [0.2, 0.25) is 0 Å². The van der Waals surface area contributed by atoms with Crippen molar-refractivity contribution in [1.82, 2.24) is 10.2 Å². The number of hydrogen-bond donors (Lipinski definition) is 1. The van der Waals surface area contributed by atoms with E-state index in [4.69, 9.17) is 0 Å². The Morgan fingerprint density at radius 3 is 3.00 bits per heavy atom. The van der Waals surface area contributed by atoms with Gasteiger partial charge in [-0.2, -0.15) is 0 Å². The monoisotopic (exact) mass is 302 g/mol. The first-order chi connectivity index (χ1) is 7.50. The fraction of sp³-hybridized carbons (Fsp3) is 0.545. The number of hydrogen-bond acceptors (Lipinski definition) is 3. The zero-order chi connectivity index (χ0) is 11.8. The largest absolute Gasteiger partial charge is 0.335 e. The van der Waals surface area contributed by atoms with Crippen molar-refractivity contribution in [2.24, 2.45) is 0 Å². The lowest BCUT2D eigenvalue weighted by Gasteiger charge is -2.38. The Morgan fingerprint density at radius 1 is 1.62 bits per heavy atom. The van der Waals surface area contributed by atoms with Crippen LogP contribution < -0.4 is 5.32 Å². The van der Waals surface area contributed by atoms with Crippen LogP contribution in [0.3, 0.4) is 0 Å². The molecule has 1 amide bonds. The molecule has 0 bridgehead atoms. The van der Waals surface area contributed by atoms with E-state index >= 15 is 0 Å². The molecule has 1 aromatic heterocycles. The molecule has 3 nitrogen and oxygen atoms in total. The highest BCUT2D eigenvalue weighted by Gasteiger charge is 2.35. The van der Waals surface area contributed by atoms with Gasteiger partial charge in [0.05, 0.1) is 12.1 Å². The molecule has 1 saturated heterocycles. The summed E-state index contributed by atoms with van der Waals surface area (Å²) in [5.41, 5.74) is -0.429. The summed E-state index contributed by atoms with van der Waals surface area (Å²) in [5, 5.41) is 5.27. The zero-order valence-corrected chi connectivity index (χ0v) is 11.8. The lowest BCUT2D eigenvalue weighted by atomic mass is 10.0. The van der Waals surface area contributed by atoms with Gasteiger partial charge >= 0.3 is 0 Å². The minimum Gasteiger partial charge on any atom is -0.335 e. The molecule has 5 heteroatoms. The molecule has 88 valence electrons. The number of halogens is 1. The zero-order valence-electron chi connectivity index (χ0n) is 9.42. The maximum atomic E-state index is 12.1. The van der Waals surface area contributed by atoms with Crippen LogP contribution in [-0.4, -0.2) is 29.4 Å². The van der Waals surface area contributed by atoms with Gasteiger partial charge in [-0.1, -0.05) is 0 Å². The SMILES string of the molecule is CC1(C)NCCN(Cc2sccc2Br)C1=O. The van der Waals surface area contributed by atoms with Gasteiger partial charge in [0.25, 0.3) is 0 Å². The normalized spacial score (nSPS) is 20.2. The highest BCUT2D eigenvalue weighted by molar-refractivity contribution is 9.10. The second-order valence-corrected chi connectivity index (χ2v) is 6.33. The van der Waals surface area contributed by atoms with Crippen molar-refractivity contribution in [1.29, 1.82) is 0 Å². The molecule has 1 aromatic rings. The fourth-order valence-electron chi connectivity index (χ4n) is 1.84. The number of amides is 1. The average molecular weight is 303 g/mol. The molecule has 16 heavy (non-hydrogen) atoms. The number of carbonyl (C=O) groups is 1. The third kappa shape index (κ3) is 2.31. The second kappa shape index (κ2) is 4.47. The van der Waals surface area contributed by atoms with Crippen LogP contribution in [0.1, 0.15) is 18.7 Å². The standard InChI is InChI=1S/C11H15BrN2OS/c1-11(2)10(15)14(5-4-13-11)7-9-8(12)3-6-16-9/h3,6,13H,4-5,7H2,1-2H3. The molecule has 0 atom stereocenters. The van der Waals surface area contributed by atoms with Crippen LogP contribution in [0.15, 0.2) is 15.9 Å². The molecular weight excluding hydrogens is 288 g/mol. The summed E-state index contributed by atoms with van der Waals surface area (Å²) in [6, 6.07) is 2.03. The summed E-state index contributed by atoms with van der Waals surface area (Å²) >= 11 is 5.18. The lowest BCUT2D eigenvalue weighted by Crippen LogP contribution is -2.60. The number of carbonyl (C=O) groups excluding carboxylic acids is 1. The maximum absolute atomic E-state index is 12.1. The molecule has 0 unspecified atom stereocenters. The van der Waals surface area contributed by atoms with Crippen molar-refractivity contribution in [3.63, 3.8) is 0 Å². The van der Waals surface area contributed by atoms with E-state index in [-0.39, 0.29) is 5.91 Å². The Hall–Kier alpha value is -0.390. The summed E-state index contributed by atoms with van der Waals surface area (Å²) in [7, 11) is 0. The van der Waals surface area contributed by atoms with E-state index in [2.05, 4.69) is 21.2 Å². The van der Waals surface area contributed by atoms with Gasteiger partial charge in [-0.15, -0.1) is 11.3 Å². The molecule has 0 saturated carbocycles. The maximum Gasteiger partial charge on any atom is 0.242 e. The highest BCUT2D eigenvalue weighted by atomic mass is 79.9. The number of nitrogens with one attached hydrogen (secondary N) is 1. The van der Waals surface area contributed by atoms with Crippen molar-refractivity contribution in [2.45, 2.75) is 25.9 Å². The van der Waals surface area contributed by atoms with Crippen LogP contribution in [0.4, 0.5) is 0 Å². The van der Waals surface area contributed by atoms with E-state index in [0.717, 1.165) is 17.6 Å². The van der Waals surface area contributed by atoms with Gasteiger partial charge in [0, 0.05) is 22.4 Å². The molecule has 0 spiro atoms. The minimum absolute atomic E-state index is 0.180. The first-order valence-corrected chi connectivity index (χ1v) is 6.94. The Labute approximate surface area is 108 Å². The Bertz CT molecular complexity index is 402. The van der Waals surface area contributed by atoms with E-state index in [9.17, 15) is 4.79 Å². The van der Waals surface area contributed by atoms with Gasteiger partial charge in [0.15, 0.2) is 0 Å². The van der Waals surface area contributed by atoms with E-state index in [1.54, 1.807) is 11.3 Å². The van der Waals surface area contributed by atoms with Crippen LogP contribution >= 0.6 is 27.3 Å². The van der Waals surface area contributed by atoms with E-state index in [0.29, 0.717) is 6.54 Å². The number of nitrogens with zero attached hydrogens (tertiary/aromatic N) is 1. The summed E-state index contributed by atoms with van der Waals surface area (Å²) in [5.74, 6) is 0.180. The van der Waals surface area contributed by atoms with Gasteiger partial charge in [0.2, 0.25) is 5.91 Å². The molecule has 0 aliphatic carbocycles. The van der Waals surface area contributed by atoms with Gasteiger partial charge in [-0.05, 0) is 41.2 Å². The van der Waals surface area contributed by atoms with Crippen molar-refractivity contribution in [2.75, 3.05) is 13.1 Å². The van der Waals surface area contributed by atoms with Crippen LogP contribution in [-0.2, 0) is 11.3 Å². The number of rotatable bonds is 2. The van der Waals surface area contributed by atoms with Crippen LogP contribution in [0.25, 0.3) is 0 Å². The summed E-state index contributed by atoms with van der Waals surface area (Å²) in [4.78, 5) is 15.3. The number of thiophene rings is 1. The molecule has 1 aliphatic rings. The van der Waals surface area contributed by atoms with Crippen molar-refractivity contribution in [3.8, 4) is 0 Å². The molecule has 1 N–H and O–H groups in total. The summed E-state index contributed by atoms with van der Waals surface area (Å²) < 4.78 is 1.10. The molecule has 2 rings (SSSR count). The van der Waals surface area contributed by atoms with Crippen LogP contribution in [0.5, 0.6) is 0 Å². The Morgan fingerprint density at radius 2 is 2.38 bits per heavy atom. The molecule has 1 fully saturated rings. The van der Waals surface area contributed by atoms with Crippen molar-refractivity contribution in [3.05, 3.63) is 20.8 Å². The second-order valence-electron chi connectivity index (χ2n) is 4.47. The van der Waals surface area contributed by atoms with E-state index in [1.807, 2.05) is 30.2 Å². The fourth-order valence-corrected chi connectivity index (χ4v) is 3.33. The first-order valence-electron chi connectivity index (χ1n) is 5.27. The topological polar surface area (TPSA) is 32.3 Å². The Kier molecular flexibility index (Phi) is 3.37. The van der Waals surface area contributed by atoms with E-state index < -0.39 is 5.54 Å². The van der Waals surface area contributed by atoms with E-state index in [1.165, 1.54) is 4.88 Å². The third-order valence-corrected chi connectivity index (χ3v) is 4.71. The van der Waals surface area contributed by atoms with Crippen LogP contribution in [0, 0.1) is 0 Å². The van der Waals surface area contributed by atoms with Gasteiger partial charge in [-0.3, -0.25) is 4.79 Å². The molecular formula is C11H15BrN2OS. The Balaban J connectivity index is 2.11. The summed E-state index contributed by atoms with van der Waals surface area (Å²) in [6.07, 6.45) is 0. The number of piperazine rings is 1. The average Bonchev–Trinajstić information content (AvgIpc) is 2.60. The van der Waals surface area contributed by atoms with Crippen molar-refractivity contribution < 1.29 is 4.79 Å². The quantitative estimate of drug-likeness (QED) is 0.908. The molecule has 2 heterocycles. The van der Waals surface area contributed by atoms with Crippen molar-refractivity contribution >= 4 is 33.2 Å². The molecule has 0 aromatic carbocycles. The summed E-state index contributed by atoms with van der Waals surface area (Å²) in [6.45, 7) is 6.23. The highest BCUT2D eigenvalue weighted by Crippen LogP contribution is 2.25. The predicted octanol–water partition coefficient (Wildman–Crippen LogP) is 2.22. The van der Waals surface area contributed by atoms with Gasteiger partial charge in [0.1, 0.15) is 0 Å². The lowest BCUT2D eigenvalue weighted by molar-refractivity contribution is -0.140. The third-order valence-electron chi connectivity index (χ3n) is 2.80. The molecule has 1 aliphatic heterocycles. The smallest absolute Gasteiger partial charge is 0.242 e. The minimum atomic E-state index is -0.429. The van der Waals surface area contributed by atoms with Gasteiger partial charge in [-0.25, -0.2) is 0 Å². The molecule has 0 radical (unpaired) electrons. The predicted molar refractivity (Wildman–Crippen MR) is 69.5 cm³/mol. The van der Waals surface area contributed by atoms with Gasteiger partial charge < -0.3 is 10.2 Å².